The molecule has 0 spiro atoms. The fourth-order valence-corrected chi connectivity index (χ4v) is 4.69. The van der Waals surface area contributed by atoms with E-state index in [0.717, 1.165) is 38.1 Å². The molecule has 3 heterocycles. The lowest BCUT2D eigenvalue weighted by molar-refractivity contribution is 0.505. The van der Waals surface area contributed by atoms with Gasteiger partial charge in [-0.25, -0.2) is 13.4 Å². The van der Waals surface area contributed by atoms with Crippen molar-refractivity contribution < 1.29 is 8.42 Å². The quantitative estimate of drug-likeness (QED) is 0.747. The van der Waals surface area contributed by atoms with Crippen LogP contribution in [0.3, 0.4) is 0 Å². The summed E-state index contributed by atoms with van der Waals surface area (Å²) in [7, 11) is -2.93. The number of rotatable bonds is 1. The van der Waals surface area contributed by atoms with Crippen molar-refractivity contribution in [1.82, 2.24) is 9.55 Å². The Bertz CT molecular complexity index is 504. The van der Waals surface area contributed by atoms with Crippen molar-refractivity contribution in [1.29, 1.82) is 0 Å². The second-order valence-electron chi connectivity index (χ2n) is 4.71. The summed E-state index contributed by atoms with van der Waals surface area (Å²) in [6, 6.07) is 0. The highest BCUT2D eigenvalue weighted by Gasteiger charge is 2.36. The lowest BCUT2D eigenvalue weighted by atomic mass is 10.1. The molecule has 5 heteroatoms. The molecule has 0 N–H and O–H groups in total. The predicted octanol–water partition coefficient (Wildman–Crippen LogP) is 1.47. The fraction of sp³-hybridized carbons (Fsp3) is 0.727. The summed E-state index contributed by atoms with van der Waals surface area (Å²) in [6.45, 7) is 0.941. The van der Waals surface area contributed by atoms with Crippen molar-refractivity contribution in [3.05, 3.63) is 17.7 Å². The van der Waals surface area contributed by atoms with Gasteiger partial charge in [0.1, 0.15) is 11.1 Å². The number of hydrogen-bond donors (Lipinski definition) is 0. The minimum absolute atomic E-state index is 0.333. The minimum Gasteiger partial charge on any atom is -0.331 e. The summed E-state index contributed by atoms with van der Waals surface area (Å²) in [5, 5.41) is -0.334. The molecule has 1 aromatic heterocycles. The first-order chi connectivity index (χ1) is 7.68. The molecule has 1 atom stereocenters. The van der Waals surface area contributed by atoms with Crippen LogP contribution in [-0.2, 0) is 22.8 Å². The Morgan fingerprint density at radius 2 is 2.19 bits per heavy atom. The molecular weight excluding hydrogens is 224 g/mol. The van der Waals surface area contributed by atoms with Crippen LogP contribution >= 0.6 is 0 Å². The van der Waals surface area contributed by atoms with Crippen LogP contribution in [0.2, 0.25) is 0 Å². The lowest BCUT2D eigenvalue weighted by Gasteiger charge is -2.18. The molecule has 0 aliphatic carbocycles. The Morgan fingerprint density at radius 1 is 1.31 bits per heavy atom. The smallest absolute Gasteiger partial charge is 0.160 e. The van der Waals surface area contributed by atoms with Crippen molar-refractivity contribution in [3.8, 4) is 0 Å². The average Bonchev–Trinajstić information content (AvgIpc) is 2.81. The Labute approximate surface area is 95.6 Å². The molecule has 2 aliphatic rings. The molecule has 1 aromatic rings. The van der Waals surface area contributed by atoms with E-state index in [-0.39, 0.29) is 5.25 Å². The third-order valence-electron chi connectivity index (χ3n) is 3.65. The largest absolute Gasteiger partial charge is 0.331 e. The molecular formula is C11H16N2O2S. The van der Waals surface area contributed by atoms with Gasteiger partial charge in [-0.05, 0) is 32.1 Å². The van der Waals surface area contributed by atoms with E-state index in [1.807, 2.05) is 6.20 Å². The van der Waals surface area contributed by atoms with Gasteiger partial charge in [-0.3, -0.25) is 0 Å². The first-order valence-electron chi connectivity index (χ1n) is 5.94. The Kier molecular flexibility index (Phi) is 2.31. The molecule has 0 bridgehead atoms. The molecule has 16 heavy (non-hydrogen) atoms. The van der Waals surface area contributed by atoms with Crippen molar-refractivity contribution >= 4 is 9.84 Å². The summed E-state index contributed by atoms with van der Waals surface area (Å²) in [4.78, 5) is 4.36. The second kappa shape index (κ2) is 3.58. The zero-order chi connectivity index (χ0) is 11.2. The summed E-state index contributed by atoms with van der Waals surface area (Å²) < 4.78 is 25.9. The van der Waals surface area contributed by atoms with Gasteiger partial charge in [-0.1, -0.05) is 0 Å². The maximum atomic E-state index is 11.9. The van der Waals surface area contributed by atoms with Crippen LogP contribution in [0.5, 0.6) is 0 Å². The van der Waals surface area contributed by atoms with E-state index in [1.54, 1.807) is 0 Å². The van der Waals surface area contributed by atoms with Gasteiger partial charge in [-0.2, -0.15) is 0 Å². The lowest BCUT2D eigenvalue weighted by Crippen LogP contribution is -2.18. The molecule has 0 saturated carbocycles. The molecule has 2 aliphatic heterocycles. The van der Waals surface area contributed by atoms with Crippen LogP contribution in [0.25, 0.3) is 0 Å². The summed E-state index contributed by atoms with van der Waals surface area (Å²) in [6.07, 6.45) is 6.78. The number of aromatic nitrogens is 2. The van der Waals surface area contributed by atoms with Gasteiger partial charge in [0, 0.05) is 18.4 Å². The predicted molar refractivity (Wildman–Crippen MR) is 60.9 cm³/mol. The van der Waals surface area contributed by atoms with Gasteiger partial charge in [0.15, 0.2) is 9.84 Å². The third-order valence-corrected chi connectivity index (χ3v) is 5.82. The molecule has 4 nitrogen and oxygen atoms in total. The van der Waals surface area contributed by atoms with E-state index in [9.17, 15) is 8.42 Å². The third kappa shape index (κ3) is 1.49. The zero-order valence-electron chi connectivity index (χ0n) is 9.22. The van der Waals surface area contributed by atoms with Gasteiger partial charge >= 0.3 is 0 Å². The summed E-state index contributed by atoms with van der Waals surface area (Å²) in [5.41, 5.74) is 1.21. The van der Waals surface area contributed by atoms with Crippen LogP contribution in [0, 0.1) is 0 Å². The van der Waals surface area contributed by atoms with E-state index in [0.29, 0.717) is 5.75 Å². The topological polar surface area (TPSA) is 52.0 Å². The van der Waals surface area contributed by atoms with Crippen LogP contribution in [0.1, 0.15) is 42.5 Å². The molecule has 0 aromatic carbocycles. The normalized spacial score (nSPS) is 27.9. The monoisotopic (exact) mass is 240 g/mol. The molecule has 0 amide bonds. The minimum atomic E-state index is -2.93. The Balaban J connectivity index is 2.04. The van der Waals surface area contributed by atoms with Gasteiger partial charge in [-0.15, -0.1) is 0 Å². The van der Waals surface area contributed by atoms with Gasteiger partial charge in [0.25, 0.3) is 0 Å². The van der Waals surface area contributed by atoms with Crippen molar-refractivity contribution in [3.63, 3.8) is 0 Å². The molecule has 1 fully saturated rings. The molecule has 3 rings (SSSR count). The molecule has 88 valence electrons. The van der Waals surface area contributed by atoms with Crippen molar-refractivity contribution in [2.24, 2.45) is 0 Å². The van der Waals surface area contributed by atoms with E-state index >= 15 is 0 Å². The van der Waals surface area contributed by atoms with Crippen LogP contribution < -0.4 is 0 Å². The summed E-state index contributed by atoms with van der Waals surface area (Å²) in [5.74, 6) is 1.13. The number of imidazole rings is 1. The van der Waals surface area contributed by atoms with E-state index < -0.39 is 9.84 Å². The van der Waals surface area contributed by atoms with E-state index in [2.05, 4.69) is 9.55 Å². The van der Waals surface area contributed by atoms with Gasteiger partial charge < -0.3 is 4.57 Å². The van der Waals surface area contributed by atoms with E-state index in [4.69, 9.17) is 0 Å². The number of sulfone groups is 1. The van der Waals surface area contributed by atoms with Gasteiger partial charge in [0.05, 0.1) is 5.75 Å². The fourth-order valence-electron chi connectivity index (χ4n) is 2.80. The van der Waals surface area contributed by atoms with Crippen LogP contribution in [-0.4, -0.2) is 23.7 Å². The average molecular weight is 240 g/mol. The van der Waals surface area contributed by atoms with E-state index in [1.165, 1.54) is 12.1 Å². The summed E-state index contributed by atoms with van der Waals surface area (Å²) >= 11 is 0. The molecule has 1 unspecified atom stereocenters. The highest BCUT2D eigenvalue weighted by molar-refractivity contribution is 7.91. The molecule has 0 radical (unpaired) electrons. The highest BCUT2D eigenvalue weighted by atomic mass is 32.2. The SMILES string of the molecule is O=S1(=O)CCCC1c1ncc2n1CCCC2. The maximum absolute atomic E-state index is 11.9. The number of hydrogen-bond acceptors (Lipinski definition) is 3. The molecule has 1 saturated heterocycles. The highest BCUT2D eigenvalue weighted by Crippen LogP contribution is 2.35. The standard InChI is InChI=1S/C11H16N2O2S/c14-16(15)7-3-5-10(16)11-12-8-9-4-1-2-6-13(9)11/h8,10H,1-7H2. The Hall–Kier alpha value is -0.840. The second-order valence-corrected chi connectivity index (χ2v) is 7.02. The van der Waals surface area contributed by atoms with Crippen molar-refractivity contribution in [2.45, 2.75) is 43.9 Å². The van der Waals surface area contributed by atoms with Crippen molar-refractivity contribution in [2.75, 3.05) is 5.75 Å². The maximum Gasteiger partial charge on any atom is 0.160 e. The Morgan fingerprint density at radius 3 is 2.94 bits per heavy atom. The number of nitrogens with zero attached hydrogens (tertiary/aromatic N) is 2. The number of fused-ring (bicyclic) bond motifs is 1. The van der Waals surface area contributed by atoms with Crippen LogP contribution in [0.15, 0.2) is 6.20 Å². The zero-order valence-corrected chi connectivity index (χ0v) is 10.0. The van der Waals surface area contributed by atoms with Crippen LogP contribution in [0.4, 0.5) is 0 Å². The first-order valence-corrected chi connectivity index (χ1v) is 7.66. The first kappa shape index (κ1) is 10.3. The van der Waals surface area contributed by atoms with Gasteiger partial charge in [0.2, 0.25) is 0 Å². The number of aryl methyl sites for hydroxylation is 1.